The van der Waals surface area contributed by atoms with Gasteiger partial charge in [-0.2, -0.15) is 0 Å². The van der Waals surface area contributed by atoms with Crippen molar-refractivity contribution in [3.63, 3.8) is 0 Å². The van der Waals surface area contributed by atoms with Crippen molar-refractivity contribution in [1.29, 1.82) is 0 Å². The smallest absolute Gasteiger partial charge is 0.151 e. The first-order valence-electron chi connectivity index (χ1n) is 4.93. The normalized spacial score (nSPS) is 22.5. The van der Waals surface area contributed by atoms with Crippen LogP contribution in [-0.2, 0) is 0 Å². The van der Waals surface area contributed by atoms with Crippen molar-refractivity contribution in [2.24, 2.45) is 9.98 Å². The summed E-state index contributed by atoms with van der Waals surface area (Å²) >= 11 is 0. The third-order valence-electron chi connectivity index (χ3n) is 2.94. The molecule has 1 fully saturated rings. The van der Waals surface area contributed by atoms with Crippen LogP contribution in [0.1, 0.15) is 25.7 Å². The van der Waals surface area contributed by atoms with Crippen molar-refractivity contribution in [3.05, 3.63) is 35.0 Å². The summed E-state index contributed by atoms with van der Waals surface area (Å²) < 4.78 is 0. The number of para-hydroxylation sites is 2. The van der Waals surface area contributed by atoms with Crippen LogP contribution in [0.15, 0.2) is 34.3 Å². The topological polar surface area (TPSA) is 24.7 Å². The molecule has 0 N–H and O–H groups in total. The number of nitrogens with zero attached hydrogens (tertiary/aromatic N) is 2. The Labute approximate surface area is 77.0 Å². The Kier molecular flexibility index (Phi) is 1.34. The van der Waals surface area contributed by atoms with E-state index in [-0.39, 0.29) is 5.66 Å². The maximum atomic E-state index is 4.72. The molecule has 13 heavy (non-hydrogen) atoms. The molecule has 1 spiro atoms. The van der Waals surface area contributed by atoms with Gasteiger partial charge >= 0.3 is 0 Å². The lowest BCUT2D eigenvalue weighted by Crippen LogP contribution is -2.19. The number of fused-ring (bicyclic) bond motifs is 1. The van der Waals surface area contributed by atoms with Crippen molar-refractivity contribution < 1.29 is 0 Å². The van der Waals surface area contributed by atoms with Gasteiger partial charge in [0.15, 0.2) is 5.66 Å². The number of hydrogen-bond donors (Lipinski definition) is 0. The highest BCUT2D eigenvalue weighted by molar-refractivity contribution is 5.08. The lowest BCUT2D eigenvalue weighted by atomic mass is 10.1. The van der Waals surface area contributed by atoms with Gasteiger partial charge in [0.25, 0.3) is 0 Å². The number of benzene rings is 1. The molecule has 1 heterocycles. The molecular weight excluding hydrogens is 160 g/mol. The third-order valence-corrected chi connectivity index (χ3v) is 2.94. The van der Waals surface area contributed by atoms with Crippen molar-refractivity contribution in [3.8, 4) is 0 Å². The Morgan fingerprint density at radius 1 is 0.923 bits per heavy atom. The van der Waals surface area contributed by atoms with Gasteiger partial charge in [-0.1, -0.05) is 12.1 Å². The zero-order valence-electron chi connectivity index (χ0n) is 7.53. The second-order valence-corrected chi connectivity index (χ2v) is 3.90. The molecule has 2 aliphatic rings. The van der Waals surface area contributed by atoms with Gasteiger partial charge in [-0.3, -0.25) is 9.98 Å². The van der Waals surface area contributed by atoms with Gasteiger partial charge in [0.2, 0.25) is 0 Å². The summed E-state index contributed by atoms with van der Waals surface area (Å²) in [6.07, 6.45) is 4.84. The summed E-state index contributed by atoms with van der Waals surface area (Å²) in [5.74, 6) is 0. The van der Waals surface area contributed by atoms with E-state index in [0.29, 0.717) is 0 Å². The predicted molar refractivity (Wildman–Crippen MR) is 50.0 cm³/mol. The van der Waals surface area contributed by atoms with E-state index in [1.807, 2.05) is 12.1 Å². The molecule has 1 aromatic rings. The first kappa shape index (κ1) is 7.25. The molecule has 2 nitrogen and oxygen atoms in total. The maximum absolute atomic E-state index is 4.72. The molecule has 66 valence electrons. The molecule has 0 unspecified atom stereocenters. The van der Waals surface area contributed by atoms with Crippen molar-refractivity contribution in [2.45, 2.75) is 31.3 Å². The second-order valence-electron chi connectivity index (χ2n) is 3.90. The van der Waals surface area contributed by atoms with Gasteiger partial charge in [-0.05, 0) is 37.8 Å². The summed E-state index contributed by atoms with van der Waals surface area (Å²) in [6.45, 7) is 0. The molecule has 0 atom stereocenters. The average Bonchev–Trinajstić information content (AvgIpc) is 2.72. The lowest BCUT2D eigenvalue weighted by Gasteiger charge is -2.13. The summed E-state index contributed by atoms with van der Waals surface area (Å²) in [7, 11) is 0. The fraction of sp³-hybridized carbons (Fsp3) is 0.455. The van der Waals surface area contributed by atoms with Gasteiger partial charge in [-0.15, -0.1) is 0 Å². The third kappa shape index (κ3) is 1.01. The van der Waals surface area contributed by atoms with Crippen LogP contribution in [-0.4, -0.2) is 5.66 Å². The van der Waals surface area contributed by atoms with Gasteiger partial charge in [0.05, 0.1) is 10.7 Å². The Hall–Kier alpha value is -1.18. The summed E-state index contributed by atoms with van der Waals surface area (Å²) in [5.41, 5.74) is -0.0519. The van der Waals surface area contributed by atoms with Crippen LogP contribution in [0.2, 0.25) is 0 Å². The predicted octanol–water partition coefficient (Wildman–Crippen LogP) is 1.21. The van der Waals surface area contributed by atoms with E-state index in [2.05, 4.69) is 12.1 Å². The SMILES string of the molecule is c1ccc2c(c1)=NC1(CCCC1)N=2. The fourth-order valence-electron chi connectivity index (χ4n) is 2.29. The van der Waals surface area contributed by atoms with E-state index < -0.39 is 0 Å². The van der Waals surface area contributed by atoms with E-state index in [1.54, 1.807) is 0 Å². The molecule has 0 radical (unpaired) electrons. The molecular formula is C11H12N2. The van der Waals surface area contributed by atoms with Gasteiger partial charge in [0.1, 0.15) is 0 Å². The monoisotopic (exact) mass is 172 g/mol. The molecule has 1 saturated carbocycles. The minimum absolute atomic E-state index is 0.0519. The van der Waals surface area contributed by atoms with Crippen LogP contribution >= 0.6 is 0 Å². The molecule has 3 rings (SSSR count). The zero-order chi connectivity index (χ0) is 8.73. The summed E-state index contributed by atoms with van der Waals surface area (Å²) in [4.78, 5) is 9.43. The minimum atomic E-state index is -0.0519. The number of rotatable bonds is 0. The summed E-state index contributed by atoms with van der Waals surface area (Å²) in [6, 6.07) is 8.19. The van der Waals surface area contributed by atoms with E-state index in [1.165, 1.54) is 12.8 Å². The largest absolute Gasteiger partial charge is 0.253 e. The Balaban J connectivity index is 2.22. The highest BCUT2D eigenvalue weighted by atomic mass is 15.1. The van der Waals surface area contributed by atoms with E-state index in [0.717, 1.165) is 23.6 Å². The Morgan fingerprint density at radius 3 is 2.00 bits per heavy atom. The molecule has 2 heteroatoms. The lowest BCUT2D eigenvalue weighted by molar-refractivity contribution is 0.462. The molecule has 0 bridgehead atoms. The second kappa shape index (κ2) is 2.41. The molecule has 1 aliphatic carbocycles. The van der Waals surface area contributed by atoms with E-state index >= 15 is 0 Å². The van der Waals surface area contributed by atoms with Crippen molar-refractivity contribution in [1.82, 2.24) is 0 Å². The van der Waals surface area contributed by atoms with Gasteiger partial charge in [-0.25, -0.2) is 0 Å². The molecule has 1 aromatic carbocycles. The number of hydrogen-bond acceptors (Lipinski definition) is 2. The Morgan fingerprint density at radius 2 is 1.46 bits per heavy atom. The molecule has 0 saturated heterocycles. The van der Waals surface area contributed by atoms with Crippen molar-refractivity contribution >= 4 is 0 Å². The standard InChI is InChI=1S/C11H12N2/c1-2-6-10-9(5-1)12-11(13-10)7-3-4-8-11/h1-2,5-6H,3-4,7-8H2. The van der Waals surface area contributed by atoms with Crippen LogP contribution in [0.4, 0.5) is 0 Å². The minimum Gasteiger partial charge on any atom is -0.253 e. The molecule has 0 amide bonds. The molecule has 1 aliphatic heterocycles. The molecule has 0 aromatic heterocycles. The quantitative estimate of drug-likeness (QED) is 0.562. The van der Waals surface area contributed by atoms with E-state index in [4.69, 9.17) is 9.98 Å². The van der Waals surface area contributed by atoms with Crippen LogP contribution in [0.5, 0.6) is 0 Å². The average molecular weight is 172 g/mol. The van der Waals surface area contributed by atoms with Crippen LogP contribution < -0.4 is 10.7 Å². The fourth-order valence-corrected chi connectivity index (χ4v) is 2.29. The maximum Gasteiger partial charge on any atom is 0.151 e. The highest BCUT2D eigenvalue weighted by Crippen LogP contribution is 2.34. The highest BCUT2D eigenvalue weighted by Gasteiger charge is 2.34. The van der Waals surface area contributed by atoms with E-state index in [9.17, 15) is 0 Å². The van der Waals surface area contributed by atoms with Crippen molar-refractivity contribution in [2.75, 3.05) is 0 Å². The van der Waals surface area contributed by atoms with Crippen LogP contribution in [0.25, 0.3) is 0 Å². The first-order valence-corrected chi connectivity index (χ1v) is 4.93. The Bertz CT molecular complexity index is 404. The van der Waals surface area contributed by atoms with Crippen LogP contribution in [0, 0.1) is 0 Å². The van der Waals surface area contributed by atoms with Gasteiger partial charge < -0.3 is 0 Å². The summed E-state index contributed by atoms with van der Waals surface area (Å²) in [5, 5.41) is 2.17. The first-order chi connectivity index (χ1) is 6.38. The zero-order valence-corrected chi connectivity index (χ0v) is 7.53. The van der Waals surface area contributed by atoms with Gasteiger partial charge in [0, 0.05) is 0 Å². The van der Waals surface area contributed by atoms with Crippen LogP contribution in [0.3, 0.4) is 0 Å².